The molecule has 6 N–H and O–H groups in total. The average molecular weight is 441 g/mol. The summed E-state index contributed by atoms with van der Waals surface area (Å²) in [7, 11) is 0. The fourth-order valence-electron chi connectivity index (χ4n) is 2.47. The molecule has 2 rings (SSSR count). The summed E-state index contributed by atoms with van der Waals surface area (Å²) in [4.78, 5) is 42.5. The molecule has 2 aromatic carbocycles. The van der Waals surface area contributed by atoms with E-state index in [0.29, 0.717) is 5.69 Å². The highest BCUT2D eigenvalue weighted by Gasteiger charge is 2.27. The molecule has 0 aliphatic heterocycles. The first kappa shape index (κ1) is 24.4. The van der Waals surface area contributed by atoms with E-state index in [-0.39, 0.29) is 35.5 Å². The van der Waals surface area contributed by atoms with E-state index in [1.54, 1.807) is 12.1 Å². The molecule has 2 aromatic rings. The summed E-state index contributed by atoms with van der Waals surface area (Å²) in [5, 5.41) is 0. The van der Waals surface area contributed by atoms with Crippen molar-refractivity contribution in [2.45, 2.75) is 26.8 Å². The molecule has 0 aliphatic carbocycles. The summed E-state index contributed by atoms with van der Waals surface area (Å²) in [6.07, 6.45) is -0.851. The number of nitrogens with two attached hydrogens (primary N) is 3. The van der Waals surface area contributed by atoms with Gasteiger partial charge in [0.25, 0.3) is 5.91 Å². The summed E-state index contributed by atoms with van der Waals surface area (Å²) in [5.74, 6) is -1.14. The van der Waals surface area contributed by atoms with Gasteiger partial charge in [0.15, 0.2) is 5.96 Å². The standard InChI is InChI=1S/C22H27N5O5/c1-13(2)12-31-22(30)27(17-7-9-18(10-8-17)32-20(29)14(3)23)19(28)15-5-4-6-16(11-15)26-21(24)25/h4-11,13-14H,12,23H2,1-3H3,(H4,24,25,26)/t14-/m0/s1. The predicted octanol–water partition coefficient (Wildman–Crippen LogP) is 2.28. The maximum Gasteiger partial charge on any atom is 0.421 e. The normalized spacial score (nSPS) is 11.4. The molecule has 170 valence electrons. The quantitative estimate of drug-likeness (QED) is 0.255. The number of rotatable bonds is 7. The number of hydrogen-bond donors (Lipinski definition) is 3. The predicted molar refractivity (Wildman–Crippen MR) is 121 cm³/mol. The molecule has 0 spiro atoms. The lowest BCUT2D eigenvalue weighted by Gasteiger charge is -2.21. The van der Waals surface area contributed by atoms with Crippen molar-refractivity contribution in [3.8, 4) is 5.75 Å². The number of carbonyl (C=O) groups is 3. The van der Waals surface area contributed by atoms with Crippen LogP contribution in [-0.2, 0) is 9.53 Å². The van der Waals surface area contributed by atoms with Crippen molar-refractivity contribution in [1.29, 1.82) is 0 Å². The van der Waals surface area contributed by atoms with Crippen molar-refractivity contribution in [3.05, 3.63) is 54.1 Å². The fraction of sp³-hybridized carbons (Fsp3) is 0.273. The number of nitrogens with zero attached hydrogens (tertiary/aromatic N) is 2. The molecule has 0 unspecified atom stereocenters. The van der Waals surface area contributed by atoms with Gasteiger partial charge in [-0.1, -0.05) is 19.9 Å². The van der Waals surface area contributed by atoms with Gasteiger partial charge in [-0.15, -0.1) is 0 Å². The fourth-order valence-corrected chi connectivity index (χ4v) is 2.47. The third-order valence-corrected chi connectivity index (χ3v) is 3.96. The molecule has 32 heavy (non-hydrogen) atoms. The molecule has 2 amide bonds. The van der Waals surface area contributed by atoms with Crippen molar-refractivity contribution in [2.75, 3.05) is 11.5 Å². The van der Waals surface area contributed by atoms with Crippen molar-refractivity contribution in [1.82, 2.24) is 0 Å². The molecule has 0 fully saturated rings. The van der Waals surface area contributed by atoms with E-state index in [4.69, 9.17) is 26.7 Å². The Morgan fingerprint density at radius 2 is 1.69 bits per heavy atom. The second-order valence-electron chi connectivity index (χ2n) is 7.40. The van der Waals surface area contributed by atoms with Crippen LogP contribution in [0.3, 0.4) is 0 Å². The van der Waals surface area contributed by atoms with Gasteiger partial charge in [0.2, 0.25) is 0 Å². The van der Waals surface area contributed by atoms with Gasteiger partial charge in [-0.05, 0) is 55.3 Å². The van der Waals surface area contributed by atoms with Crippen LogP contribution in [0.25, 0.3) is 0 Å². The Morgan fingerprint density at radius 3 is 2.25 bits per heavy atom. The molecule has 0 aromatic heterocycles. The van der Waals surface area contributed by atoms with Crippen molar-refractivity contribution in [2.24, 2.45) is 28.1 Å². The number of hydrogen-bond acceptors (Lipinski definition) is 7. The molecule has 0 saturated heterocycles. The maximum atomic E-state index is 13.2. The summed E-state index contributed by atoms with van der Waals surface area (Å²) in [5.41, 5.74) is 17.0. The van der Waals surface area contributed by atoms with Crippen LogP contribution in [0.4, 0.5) is 16.2 Å². The summed E-state index contributed by atoms with van der Waals surface area (Å²) in [6.45, 7) is 5.37. The molecule has 0 radical (unpaired) electrons. The SMILES string of the molecule is CC(C)COC(=O)N(C(=O)c1cccc(N=C(N)N)c1)c1ccc(OC(=O)[C@H](C)N)cc1. The zero-order chi connectivity index (χ0) is 23.8. The Labute approximate surface area is 186 Å². The minimum absolute atomic E-state index is 0.0705. The number of benzene rings is 2. The van der Waals surface area contributed by atoms with E-state index >= 15 is 0 Å². The molecule has 0 heterocycles. The van der Waals surface area contributed by atoms with Gasteiger partial charge in [-0.2, -0.15) is 0 Å². The third-order valence-electron chi connectivity index (χ3n) is 3.96. The number of amides is 2. The Balaban J connectivity index is 2.38. The van der Waals surface area contributed by atoms with E-state index in [2.05, 4.69) is 4.99 Å². The Kier molecular flexibility index (Phi) is 8.31. The van der Waals surface area contributed by atoms with Crippen LogP contribution in [0.15, 0.2) is 53.5 Å². The largest absolute Gasteiger partial charge is 0.449 e. The van der Waals surface area contributed by atoms with Crippen LogP contribution in [0.5, 0.6) is 5.75 Å². The first-order valence-corrected chi connectivity index (χ1v) is 9.86. The number of esters is 1. The van der Waals surface area contributed by atoms with Crippen molar-refractivity contribution >= 4 is 35.3 Å². The van der Waals surface area contributed by atoms with Crippen LogP contribution in [-0.4, -0.2) is 36.6 Å². The van der Waals surface area contributed by atoms with Gasteiger partial charge in [0.1, 0.15) is 11.8 Å². The number of carbonyl (C=O) groups excluding carboxylic acids is 3. The van der Waals surface area contributed by atoms with Gasteiger partial charge in [0, 0.05) is 5.56 Å². The summed E-state index contributed by atoms with van der Waals surface area (Å²) >= 11 is 0. The number of ether oxygens (including phenoxy) is 2. The summed E-state index contributed by atoms with van der Waals surface area (Å²) in [6, 6.07) is 11.2. The van der Waals surface area contributed by atoms with E-state index in [0.717, 1.165) is 4.90 Å². The number of aliphatic imine (C=N–C) groups is 1. The second kappa shape index (κ2) is 10.9. The highest BCUT2D eigenvalue weighted by atomic mass is 16.6. The second-order valence-corrected chi connectivity index (χ2v) is 7.40. The zero-order valence-corrected chi connectivity index (χ0v) is 18.1. The molecule has 0 bridgehead atoms. The van der Waals surface area contributed by atoms with Gasteiger partial charge in [-0.25, -0.2) is 19.5 Å². The van der Waals surface area contributed by atoms with E-state index in [9.17, 15) is 14.4 Å². The van der Waals surface area contributed by atoms with Gasteiger partial charge >= 0.3 is 12.1 Å². The molecule has 1 atom stereocenters. The molecular weight excluding hydrogens is 414 g/mol. The van der Waals surface area contributed by atoms with Crippen LogP contribution in [0.1, 0.15) is 31.1 Å². The van der Waals surface area contributed by atoms with Gasteiger partial charge < -0.3 is 26.7 Å². The van der Waals surface area contributed by atoms with Gasteiger partial charge in [0.05, 0.1) is 18.0 Å². The molecule has 0 saturated carbocycles. The minimum Gasteiger partial charge on any atom is -0.449 e. The van der Waals surface area contributed by atoms with Gasteiger partial charge in [-0.3, -0.25) is 4.79 Å². The van der Waals surface area contributed by atoms with E-state index in [1.807, 2.05) is 13.8 Å². The third kappa shape index (κ3) is 6.81. The molecular formula is C22H27N5O5. The lowest BCUT2D eigenvalue weighted by molar-refractivity contribution is -0.135. The monoisotopic (exact) mass is 441 g/mol. The molecule has 0 aliphatic rings. The average Bonchev–Trinajstić information content (AvgIpc) is 2.73. The smallest absolute Gasteiger partial charge is 0.421 e. The minimum atomic E-state index is -0.851. The topological polar surface area (TPSA) is 163 Å². The maximum absolute atomic E-state index is 13.2. The molecule has 10 nitrogen and oxygen atoms in total. The zero-order valence-electron chi connectivity index (χ0n) is 18.1. The van der Waals surface area contributed by atoms with Crippen molar-refractivity contribution < 1.29 is 23.9 Å². The highest BCUT2D eigenvalue weighted by molar-refractivity contribution is 6.19. The van der Waals surface area contributed by atoms with Crippen LogP contribution in [0.2, 0.25) is 0 Å². The first-order chi connectivity index (χ1) is 15.1. The van der Waals surface area contributed by atoms with E-state index < -0.39 is 24.0 Å². The van der Waals surface area contributed by atoms with Crippen LogP contribution < -0.4 is 26.8 Å². The van der Waals surface area contributed by atoms with Crippen LogP contribution >= 0.6 is 0 Å². The summed E-state index contributed by atoms with van der Waals surface area (Å²) < 4.78 is 10.4. The molecule has 10 heteroatoms. The number of imide groups is 1. The Hall–Kier alpha value is -3.92. The Morgan fingerprint density at radius 1 is 1.03 bits per heavy atom. The van der Waals surface area contributed by atoms with E-state index in [1.165, 1.54) is 43.3 Å². The lowest BCUT2D eigenvalue weighted by Crippen LogP contribution is -2.38. The first-order valence-electron chi connectivity index (χ1n) is 9.86. The Bertz CT molecular complexity index is 998. The van der Waals surface area contributed by atoms with Crippen molar-refractivity contribution in [3.63, 3.8) is 0 Å². The number of guanidine groups is 1. The number of anilines is 1. The van der Waals surface area contributed by atoms with Crippen LogP contribution in [0, 0.1) is 5.92 Å². The highest BCUT2D eigenvalue weighted by Crippen LogP contribution is 2.24. The lowest BCUT2D eigenvalue weighted by atomic mass is 10.1.